The zero-order chi connectivity index (χ0) is 11.7. The number of nitrogens with one attached hydrogen (secondary N) is 2. The van der Waals surface area contributed by atoms with Gasteiger partial charge in [-0.05, 0) is 35.4 Å². The van der Waals surface area contributed by atoms with Crippen LogP contribution in [-0.4, -0.2) is 5.91 Å². The summed E-state index contributed by atoms with van der Waals surface area (Å²) in [6.07, 6.45) is 10.3. The molecule has 0 fully saturated rings. The molecule has 84 valence electrons. The molecule has 2 aliphatic heterocycles. The molecule has 0 bridgehead atoms. The van der Waals surface area contributed by atoms with Crippen LogP contribution in [0.1, 0.15) is 11.1 Å². The zero-order valence-electron chi connectivity index (χ0n) is 9.23. The van der Waals surface area contributed by atoms with E-state index in [-0.39, 0.29) is 5.91 Å². The number of allylic oxidation sites excluding steroid dienone is 4. The molecule has 1 aromatic carbocycles. The van der Waals surface area contributed by atoms with Crippen molar-refractivity contribution in [3.05, 3.63) is 59.8 Å². The largest absolute Gasteiger partial charge is 0.361 e. The molecule has 0 aliphatic carbocycles. The number of hydrogen-bond acceptors (Lipinski definition) is 2. The maximum atomic E-state index is 11.3. The average molecular weight is 224 g/mol. The molecule has 1 amide bonds. The SMILES string of the molecule is O=C1Cc2cc(C3=CC=CC=CN3)ccc2N1. The first-order chi connectivity index (χ1) is 8.33. The second-order valence-electron chi connectivity index (χ2n) is 4.07. The Morgan fingerprint density at radius 2 is 2.06 bits per heavy atom. The lowest BCUT2D eigenvalue weighted by molar-refractivity contribution is -0.115. The van der Waals surface area contributed by atoms with E-state index in [1.807, 2.05) is 42.6 Å². The lowest BCUT2D eigenvalue weighted by Crippen LogP contribution is -2.03. The van der Waals surface area contributed by atoms with Crippen LogP contribution in [0.15, 0.2) is 48.7 Å². The monoisotopic (exact) mass is 224 g/mol. The summed E-state index contributed by atoms with van der Waals surface area (Å²) in [5.74, 6) is 0.0692. The van der Waals surface area contributed by atoms with E-state index in [4.69, 9.17) is 0 Å². The Bertz CT molecular complexity index is 568. The van der Waals surface area contributed by atoms with E-state index in [2.05, 4.69) is 16.7 Å². The number of hydrogen-bond donors (Lipinski definition) is 2. The van der Waals surface area contributed by atoms with Crippen molar-refractivity contribution < 1.29 is 4.79 Å². The first-order valence-electron chi connectivity index (χ1n) is 5.56. The number of anilines is 1. The Kier molecular flexibility index (Phi) is 2.29. The fourth-order valence-electron chi connectivity index (χ4n) is 2.03. The zero-order valence-corrected chi connectivity index (χ0v) is 9.23. The highest BCUT2D eigenvalue weighted by atomic mass is 16.1. The van der Waals surface area contributed by atoms with E-state index < -0.39 is 0 Å². The molecule has 0 aromatic heterocycles. The quantitative estimate of drug-likeness (QED) is 0.767. The van der Waals surface area contributed by atoms with Gasteiger partial charge in [-0.2, -0.15) is 0 Å². The molecular weight excluding hydrogens is 212 g/mol. The number of benzene rings is 1. The smallest absolute Gasteiger partial charge is 0.228 e. The molecule has 3 nitrogen and oxygen atoms in total. The van der Waals surface area contributed by atoms with Crippen molar-refractivity contribution in [1.82, 2.24) is 5.32 Å². The second kappa shape index (κ2) is 3.94. The molecule has 0 spiro atoms. The third-order valence-corrected chi connectivity index (χ3v) is 2.86. The Morgan fingerprint density at radius 3 is 3.00 bits per heavy atom. The second-order valence-corrected chi connectivity index (χ2v) is 4.07. The van der Waals surface area contributed by atoms with Crippen LogP contribution in [0.4, 0.5) is 5.69 Å². The molecule has 0 unspecified atom stereocenters. The van der Waals surface area contributed by atoms with E-state index in [1.165, 1.54) is 0 Å². The van der Waals surface area contributed by atoms with Gasteiger partial charge < -0.3 is 10.6 Å². The molecule has 2 aliphatic rings. The molecule has 1 aromatic rings. The third-order valence-electron chi connectivity index (χ3n) is 2.86. The van der Waals surface area contributed by atoms with Crippen LogP contribution in [0.25, 0.3) is 5.70 Å². The van der Waals surface area contributed by atoms with Gasteiger partial charge in [-0.25, -0.2) is 0 Å². The molecule has 3 rings (SSSR count). The minimum absolute atomic E-state index is 0.0692. The number of amides is 1. The Labute approximate surface area is 99.5 Å². The van der Waals surface area contributed by atoms with Gasteiger partial charge in [0.25, 0.3) is 0 Å². The molecule has 0 saturated heterocycles. The fourth-order valence-corrected chi connectivity index (χ4v) is 2.03. The van der Waals surface area contributed by atoms with Crippen LogP contribution in [-0.2, 0) is 11.2 Å². The van der Waals surface area contributed by atoms with Crippen molar-refractivity contribution >= 4 is 17.3 Å². The topological polar surface area (TPSA) is 41.1 Å². The fraction of sp³-hybridized carbons (Fsp3) is 0.0714. The summed E-state index contributed by atoms with van der Waals surface area (Å²) >= 11 is 0. The lowest BCUT2D eigenvalue weighted by Gasteiger charge is -2.08. The van der Waals surface area contributed by atoms with Crippen LogP contribution in [0.2, 0.25) is 0 Å². The van der Waals surface area contributed by atoms with Crippen molar-refractivity contribution in [3.63, 3.8) is 0 Å². The van der Waals surface area contributed by atoms with Crippen LogP contribution >= 0.6 is 0 Å². The third kappa shape index (κ3) is 1.87. The Hall–Kier alpha value is -2.29. The van der Waals surface area contributed by atoms with Crippen LogP contribution in [0.3, 0.4) is 0 Å². The first kappa shape index (κ1) is 9.90. The van der Waals surface area contributed by atoms with Gasteiger partial charge in [0.15, 0.2) is 0 Å². The molecule has 3 heteroatoms. The molecule has 0 saturated carbocycles. The van der Waals surface area contributed by atoms with E-state index in [1.54, 1.807) is 0 Å². The summed E-state index contributed by atoms with van der Waals surface area (Å²) in [6.45, 7) is 0. The van der Waals surface area contributed by atoms with Crippen molar-refractivity contribution in [2.45, 2.75) is 6.42 Å². The van der Waals surface area contributed by atoms with Gasteiger partial charge in [0.05, 0.1) is 6.42 Å². The van der Waals surface area contributed by atoms with Gasteiger partial charge in [0.2, 0.25) is 5.91 Å². The highest BCUT2D eigenvalue weighted by molar-refractivity contribution is 5.99. The summed E-state index contributed by atoms with van der Waals surface area (Å²) < 4.78 is 0. The predicted molar refractivity (Wildman–Crippen MR) is 68.2 cm³/mol. The number of fused-ring (bicyclic) bond motifs is 1. The lowest BCUT2D eigenvalue weighted by atomic mass is 10.1. The van der Waals surface area contributed by atoms with Crippen LogP contribution < -0.4 is 10.6 Å². The van der Waals surface area contributed by atoms with Crippen LogP contribution in [0.5, 0.6) is 0 Å². The Morgan fingerprint density at radius 1 is 1.12 bits per heavy atom. The van der Waals surface area contributed by atoms with Crippen molar-refractivity contribution in [2.75, 3.05) is 5.32 Å². The van der Waals surface area contributed by atoms with Crippen molar-refractivity contribution in [2.24, 2.45) is 0 Å². The van der Waals surface area contributed by atoms with Gasteiger partial charge >= 0.3 is 0 Å². The minimum atomic E-state index is 0.0692. The highest BCUT2D eigenvalue weighted by Crippen LogP contribution is 2.26. The summed E-state index contributed by atoms with van der Waals surface area (Å²) in [4.78, 5) is 11.3. The minimum Gasteiger partial charge on any atom is -0.361 e. The maximum Gasteiger partial charge on any atom is 0.228 e. The molecular formula is C14H12N2O. The summed E-state index contributed by atoms with van der Waals surface area (Å²) in [5.41, 5.74) is 4.13. The number of rotatable bonds is 1. The summed E-state index contributed by atoms with van der Waals surface area (Å²) in [6, 6.07) is 6.02. The van der Waals surface area contributed by atoms with E-state index in [9.17, 15) is 4.79 Å². The molecule has 2 heterocycles. The van der Waals surface area contributed by atoms with Crippen LogP contribution in [0, 0.1) is 0 Å². The van der Waals surface area contributed by atoms with E-state index in [0.29, 0.717) is 6.42 Å². The molecule has 2 N–H and O–H groups in total. The van der Waals surface area contributed by atoms with Gasteiger partial charge in [-0.15, -0.1) is 0 Å². The molecule has 17 heavy (non-hydrogen) atoms. The van der Waals surface area contributed by atoms with Gasteiger partial charge in [-0.3, -0.25) is 4.79 Å². The first-order valence-corrected chi connectivity index (χ1v) is 5.56. The average Bonchev–Trinajstić information content (AvgIpc) is 2.53. The van der Waals surface area contributed by atoms with Crippen molar-refractivity contribution in [3.8, 4) is 0 Å². The van der Waals surface area contributed by atoms with E-state index >= 15 is 0 Å². The van der Waals surface area contributed by atoms with Gasteiger partial charge in [-0.1, -0.05) is 18.2 Å². The highest BCUT2D eigenvalue weighted by Gasteiger charge is 2.17. The molecule has 0 atom stereocenters. The van der Waals surface area contributed by atoms with Crippen molar-refractivity contribution in [1.29, 1.82) is 0 Å². The van der Waals surface area contributed by atoms with E-state index in [0.717, 1.165) is 22.5 Å². The number of carbonyl (C=O) groups excluding carboxylic acids is 1. The standard InChI is InChI=1S/C14H12N2O/c17-14-9-11-8-10(5-6-13(11)16-14)12-4-2-1-3-7-15-12/h1-8,15H,9H2,(H,16,17). The Balaban J connectivity index is 1.98. The molecule has 0 radical (unpaired) electrons. The van der Waals surface area contributed by atoms with Gasteiger partial charge in [0, 0.05) is 17.6 Å². The predicted octanol–water partition coefficient (Wildman–Crippen LogP) is 2.20. The number of carbonyl (C=O) groups is 1. The summed E-state index contributed by atoms with van der Waals surface area (Å²) in [5, 5.41) is 6.05. The summed E-state index contributed by atoms with van der Waals surface area (Å²) in [7, 11) is 0. The normalized spacial score (nSPS) is 16.9. The van der Waals surface area contributed by atoms with Gasteiger partial charge in [0.1, 0.15) is 0 Å². The maximum absolute atomic E-state index is 11.3.